The minimum Gasteiger partial charge on any atom is -0.550 e. The molecule has 28 nitrogen and oxygen atoms in total. The summed E-state index contributed by atoms with van der Waals surface area (Å²) in [5.74, 6) is -12.7. The molecule has 0 bridgehead atoms. The fourth-order valence-electron chi connectivity index (χ4n) is 14.9. The highest BCUT2D eigenvalue weighted by molar-refractivity contribution is 9.09. The molecule has 704 valence electrons. The van der Waals surface area contributed by atoms with Gasteiger partial charge in [0, 0.05) is 93.5 Å². The lowest BCUT2D eigenvalue weighted by atomic mass is 9.82. The van der Waals surface area contributed by atoms with Crippen LogP contribution >= 0.6 is 41.2 Å². The summed E-state index contributed by atoms with van der Waals surface area (Å²) in [6.45, 7) is 16.8. The van der Waals surface area contributed by atoms with Crippen LogP contribution in [-0.4, -0.2) is 189 Å². The van der Waals surface area contributed by atoms with Crippen molar-refractivity contribution in [3.8, 4) is 11.5 Å². The van der Waals surface area contributed by atoms with Gasteiger partial charge in [0.2, 0.25) is 29.5 Å². The van der Waals surface area contributed by atoms with Gasteiger partial charge in [-0.1, -0.05) is 196 Å². The molecule has 0 heterocycles. The third kappa shape index (κ3) is 42.1. The molecule has 0 saturated heterocycles. The van der Waals surface area contributed by atoms with Crippen molar-refractivity contribution < 1.29 is 98.7 Å². The normalized spacial score (nSPS) is 14.5. The number of thiol groups is 2. The Bertz CT molecular complexity index is 4290. The van der Waals surface area contributed by atoms with Gasteiger partial charge in [-0.3, -0.25) is 63.8 Å². The average Bonchev–Trinajstić information content (AvgIpc) is 0.794. The summed E-state index contributed by atoms with van der Waals surface area (Å²) < 4.78 is 5.76. The Morgan fingerprint density at radius 1 is 0.516 bits per heavy atom. The number of nitrogens with zero attached hydrogens (tertiary/aromatic N) is 1. The zero-order chi connectivity index (χ0) is 94.8. The Morgan fingerprint density at radius 2 is 1.00 bits per heavy atom. The molecule has 6 aromatic carbocycles. The number of quaternary nitrogens is 1. The summed E-state index contributed by atoms with van der Waals surface area (Å²) in [6.07, 6.45) is 1.88. The number of alkyl halides is 1. The predicted molar refractivity (Wildman–Crippen MR) is 501 cm³/mol. The number of aliphatic carboxylic acids is 2. The Morgan fingerprint density at radius 3 is 1.50 bits per heavy atom. The number of hydroxylamine groups is 2. The molecule has 31 heteroatoms. The number of ketones is 4. The Balaban J connectivity index is 0.000000538. The van der Waals surface area contributed by atoms with Crippen LogP contribution in [0.5, 0.6) is 11.5 Å². The van der Waals surface area contributed by atoms with Gasteiger partial charge in [0.05, 0.1) is 61.2 Å². The van der Waals surface area contributed by atoms with Gasteiger partial charge in [0.25, 0.3) is 0 Å². The molecule has 0 aromatic heterocycles. The number of carboxylic acids is 2. The fourth-order valence-corrected chi connectivity index (χ4v) is 15.3. The number of carbonyl (C=O) groups excluding carboxylic acids is 10. The standard InChI is InChI=1S/C51H69BrN6O12.C45H65N3O7S.CH4S/c1-31(2)20-35(47(66)56-41(14-9-19-55-51(53)54)44(63)27-38(30-60)50(69)70)25-45(64)43(23-34-15-17-39(61)18-16-34)57-48(67)36(21-32-10-5-3-6-11-32)26-46(65)42(22-33-12-7-4-8-13-33)58-49(68)37(29-59)24-40(62)28-52;1-32(2)42(36-17-11-8-12-18-36)48(45(4,5)6)55-40(35-19-21-39(49)22-20-35)31-38(44(52)53)30-37(29-33(3)34-15-9-7-10-16-34)43(51)47-25-27-54-26-14-13-24-46-41(50)23-28-56;1-2/h3-8,10-13,15-18,31,35-38,41-43,51,55,59-61H,9,14,19-30,53-54H2,1-2H3,(H,56,66)(H,57,67)(H,58,68)(H,69,70);7-12,15-22,32-33,37-38,40,42,49,56H,13-14,23-31H2,1-6H3,(H,46,50)(H,47,51)(H,52,53);2H,1H3. The number of ether oxygens (including phenoxy) is 1. The van der Waals surface area contributed by atoms with E-state index in [2.05, 4.69) is 132 Å². The summed E-state index contributed by atoms with van der Waals surface area (Å²) in [5.41, 5.74) is 13.7. The molecule has 6 rings (SSSR count). The molecule has 13 atom stereocenters. The second-order valence-corrected chi connectivity index (χ2v) is 35.1. The molecule has 0 fully saturated rings. The average molecular weight is 1880 g/mol. The number of phenolic OH excluding ortho intramolecular Hbond substituents is 2. The van der Waals surface area contributed by atoms with Crippen molar-refractivity contribution >= 4 is 106 Å². The van der Waals surface area contributed by atoms with Gasteiger partial charge in [0.15, 0.2) is 23.6 Å². The maximum Gasteiger partial charge on any atom is 0.306 e. The topological polar surface area (TPSA) is 460 Å². The van der Waals surface area contributed by atoms with Crippen LogP contribution < -0.4 is 48.5 Å². The van der Waals surface area contributed by atoms with Crippen LogP contribution in [0.3, 0.4) is 0 Å². The number of nitrogens with two attached hydrogens (primary N) is 1. The van der Waals surface area contributed by atoms with Crippen LogP contribution in [0.25, 0.3) is 0 Å². The van der Waals surface area contributed by atoms with Crippen LogP contribution in [0.15, 0.2) is 170 Å². The van der Waals surface area contributed by atoms with Gasteiger partial charge in [-0.2, -0.15) is 30.3 Å². The Labute approximate surface area is 774 Å². The highest BCUT2D eigenvalue weighted by atomic mass is 79.9. The monoisotopic (exact) mass is 1880 g/mol. The van der Waals surface area contributed by atoms with E-state index >= 15 is 0 Å². The maximum atomic E-state index is 14.7. The van der Waals surface area contributed by atoms with Crippen molar-refractivity contribution in [3.63, 3.8) is 0 Å². The molecule has 16 N–H and O–H groups in total. The first-order chi connectivity index (χ1) is 61.0. The smallest absolute Gasteiger partial charge is 0.306 e. The van der Waals surface area contributed by atoms with Crippen molar-refractivity contribution in [3.05, 3.63) is 203 Å². The Hall–Kier alpha value is -9.25. The van der Waals surface area contributed by atoms with Crippen molar-refractivity contribution in [2.45, 2.75) is 206 Å². The molecule has 0 aliphatic heterocycles. The summed E-state index contributed by atoms with van der Waals surface area (Å²) in [4.78, 5) is 154. The number of rotatable bonds is 59. The number of carbonyl (C=O) groups is 11. The lowest BCUT2D eigenvalue weighted by Crippen LogP contribution is -2.73. The molecule has 0 aliphatic carbocycles. The van der Waals surface area contributed by atoms with E-state index in [1.54, 1.807) is 103 Å². The molecule has 6 aromatic rings. The van der Waals surface area contributed by atoms with Crippen LogP contribution in [0, 0.1) is 47.3 Å². The zero-order valence-electron chi connectivity index (χ0n) is 75.5. The van der Waals surface area contributed by atoms with Crippen molar-refractivity contribution in [2.24, 2.45) is 53.1 Å². The molecule has 0 radical (unpaired) electrons. The van der Waals surface area contributed by atoms with Gasteiger partial charge in [-0.05, 0) is 179 Å². The molecule has 5 amide bonds. The minimum absolute atomic E-state index is 0.00379. The summed E-state index contributed by atoms with van der Waals surface area (Å²) in [5, 5.41) is 81.3. The highest BCUT2D eigenvalue weighted by Crippen LogP contribution is 2.41. The molecule has 0 saturated carbocycles. The van der Waals surface area contributed by atoms with Gasteiger partial charge < -0.3 is 72.5 Å². The molecule has 128 heavy (non-hydrogen) atoms. The van der Waals surface area contributed by atoms with E-state index in [9.17, 15) is 83.4 Å². The summed E-state index contributed by atoms with van der Waals surface area (Å²) in [6, 6.07) is 46.8. The first-order valence-electron chi connectivity index (χ1n) is 44.0. The summed E-state index contributed by atoms with van der Waals surface area (Å²) >= 11 is 10.7. The Kier molecular flexibility index (Phi) is 52.6. The third-order valence-corrected chi connectivity index (χ3v) is 22.5. The van der Waals surface area contributed by atoms with Gasteiger partial charge in [-0.15, -0.1) is 0 Å². The van der Waals surface area contributed by atoms with E-state index in [0.717, 1.165) is 29.5 Å². The van der Waals surface area contributed by atoms with E-state index in [-0.39, 0.29) is 110 Å². The van der Waals surface area contributed by atoms with E-state index in [1.165, 1.54) is 12.1 Å². The van der Waals surface area contributed by atoms with Crippen LogP contribution in [-0.2, 0) is 81.6 Å². The lowest BCUT2D eigenvalue weighted by Gasteiger charge is -2.44. The minimum atomic E-state index is -1.63. The molecule has 0 spiro atoms. The number of phenols is 2. The number of hydrogen-bond donors (Lipinski definition) is 15. The second-order valence-electron chi connectivity index (χ2n) is 34.1. The van der Waals surface area contributed by atoms with E-state index in [1.807, 2.05) is 67.4 Å². The SMILES string of the molecule is CC(C)CC(CC(=O)C(Cc1ccc(O)cc1)NC(=O)C(CC(=O)C(Cc1ccccc1)NC(=O)C(CO)CC(=O)CBr)Cc1ccccc1)C(=O)NC(CCCNC(N)[NH3+])C(=O)CC(CO)C(=O)[O-].CC(CC(CC(CC(ON(C(c1ccccc1)C(C)C)C(C)(C)C)c1ccc(O)cc1)C(=O)O)C(=O)NCCOCCCCNC(=O)CCS)c1ccccc1.CS. The molecular formula is C97H138BrN9O19S2. The zero-order valence-corrected chi connectivity index (χ0v) is 78.8. The van der Waals surface area contributed by atoms with Gasteiger partial charge in [0.1, 0.15) is 23.4 Å². The number of hydrogen-bond acceptors (Lipinski definition) is 23. The van der Waals surface area contributed by atoms with Crippen LogP contribution in [0.2, 0.25) is 0 Å². The number of benzene rings is 6. The van der Waals surface area contributed by atoms with Gasteiger partial charge in [-0.25, -0.2) is 0 Å². The number of amides is 5. The number of carboxylic acid groups (broad SMARTS) is 2. The number of aliphatic hydroxyl groups excluding tert-OH is 2. The first-order valence-corrected chi connectivity index (χ1v) is 46.6. The number of unbranched alkanes of at least 4 members (excludes halogenated alkanes) is 1. The lowest BCUT2D eigenvalue weighted by molar-refractivity contribution is -0.427. The van der Waals surface area contributed by atoms with E-state index in [4.69, 9.17) is 15.3 Å². The molecular weight excluding hydrogens is 1740 g/mol. The van der Waals surface area contributed by atoms with Gasteiger partial charge >= 0.3 is 5.97 Å². The van der Waals surface area contributed by atoms with E-state index in [0.29, 0.717) is 74.6 Å². The fraction of sp³-hybridized carbons (Fsp3) is 0.515. The van der Waals surface area contributed by atoms with Crippen LogP contribution in [0.4, 0.5) is 0 Å². The third-order valence-electron chi connectivity index (χ3n) is 21.7. The quantitative estimate of drug-likeness (QED) is 0.00556. The summed E-state index contributed by atoms with van der Waals surface area (Å²) in [7, 11) is 0. The van der Waals surface area contributed by atoms with Crippen molar-refractivity contribution in [1.82, 2.24) is 37.0 Å². The molecule has 0 aliphatic rings. The number of Topliss-reactive ketones (excluding diaryl/α,β-unsaturated/α-hetero) is 4. The number of halogens is 1. The number of nitrogens with one attached hydrogen (secondary N) is 6. The van der Waals surface area contributed by atoms with Crippen molar-refractivity contribution in [1.29, 1.82) is 0 Å². The predicted octanol–water partition coefficient (Wildman–Crippen LogP) is 9.25. The van der Waals surface area contributed by atoms with Crippen molar-refractivity contribution in [2.75, 3.05) is 63.4 Å². The maximum absolute atomic E-state index is 14.7. The largest absolute Gasteiger partial charge is 0.550 e. The second kappa shape index (κ2) is 60.6. The van der Waals surface area contributed by atoms with Crippen LogP contribution in [0.1, 0.15) is 190 Å². The number of aromatic hydroxyl groups is 2. The van der Waals surface area contributed by atoms with E-state index < -0.39 is 151 Å². The highest BCUT2D eigenvalue weighted by Gasteiger charge is 2.40. The first kappa shape index (κ1) is 111. The molecule has 13 unspecified atom stereocenters. The number of aliphatic hydroxyl groups is 2.